The van der Waals surface area contributed by atoms with Gasteiger partial charge in [-0.3, -0.25) is 0 Å². The number of nitrogens with zero attached hydrogens (tertiary/aromatic N) is 3. The molecule has 0 fully saturated rings. The Morgan fingerprint density at radius 1 is 1.90 bits per heavy atom. The molecule has 0 saturated carbocycles. The van der Waals surface area contributed by atoms with Crippen molar-refractivity contribution in [2.45, 2.75) is 6.92 Å². The topological polar surface area (TPSA) is 57.0 Å². The summed E-state index contributed by atoms with van der Waals surface area (Å²) in [6, 6.07) is 0. The van der Waals surface area contributed by atoms with Crippen LogP contribution in [-0.4, -0.2) is 20.9 Å². The maximum Gasteiger partial charge on any atom is 0.331 e. The molecule has 1 heterocycles. The van der Waals surface area contributed by atoms with E-state index in [0.29, 0.717) is 4.73 Å². The first-order valence-electron chi connectivity index (χ1n) is 2.44. The smallest absolute Gasteiger partial charge is 0.318 e. The summed E-state index contributed by atoms with van der Waals surface area (Å²) < 4.78 is 0.383. The highest BCUT2D eigenvalue weighted by molar-refractivity contribution is 9.10. The van der Waals surface area contributed by atoms with Crippen LogP contribution in [0.15, 0.2) is 11.1 Å². The van der Waals surface area contributed by atoms with E-state index in [1.165, 1.54) is 13.3 Å². The van der Waals surface area contributed by atoms with Crippen LogP contribution >= 0.6 is 15.9 Å². The van der Waals surface area contributed by atoms with Gasteiger partial charge in [-0.2, -0.15) is 0 Å². The van der Waals surface area contributed by atoms with Gasteiger partial charge in [0.25, 0.3) is 0 Å². The highest BCUT2D eigenvalue weighted by atomic mass is 79.9. The molecule has 0 aliphatic carbocycles. The maximum atomic E-state index is 10.3. The van der Waals surface area contributed by atoms with Gasteiger partial charge in [-0.15, -0.1) is 5.10 Å². The van der Waals surface area contributed by atoms with Gasteiger partial charge in [0.2, 0.25) is 4.73 Å². The van der Waals surface area contributed by atoms with Gasteiger partial charge in [-0.1, -0.05) is 4.85 Å². The first-order chi connectivity index (χ1) is 4.68. The average molecular weight is 206 g/mol. The molecule has 0 saturated heterocycles. The summed E-state index contributed by atoms with van der Waals surface area (Å²) in [6.45, 7) is 1.29. The molecular weight excluding hydrogens is 202 g/mol. The molecule has 1 aromatic heterocycles. The van der Waals surface area contributed by atoms with E-state index < -0.39 is 5.97 Å². The lowest BCUT2D eigenvalue weighted by atomic mass is 10.8. The zero-order valence-electron chi connectivity index (χ0n) is 5.11. The molecule has 0 bridgehead atoms. The minimum atomic E-state index is -0.433. The largest absolute Gasteiger partial charge is 0.331 e. The van der Waals surface area contributed by atoms with Gasteiger partial charge in [0.15, 0.2) is 6.33 Å². The monoisotopic (exact) mass is 205 g/mol. The molecular formula is C4H4BrN3O2. The fourth-order valence-corrected chi connectivity index (χ4v) is 0.654. The molecule has 0 N–H and O–H groups in total. The van der Waals surface area contributed by atoms with Crippen LogP contribution < -0.4 is 4.84 Å². The molecule has 0 aliphatic rings. The van der Waals surface area contributed by atoms with Crippen LogP contribution in [-0.2, 0) is 4.79 Å². The lowest BCUT2D eigenvalue weighted by molar-refractivity contribution is -0.143. The molecule has 54 valence electrons. The van der Waals surface area contributed by atoms with Gasteiger partial charge < -0.3 is 4.84 Å². The van der Waals surface area contributed by atoms with Crippen LogP contribution in [0.25, 0.3) is 0 Å². The maximum absolute atomic E-state index is 10.3. The minimum absolute atomic E-state index is 0.383. The molecule has 10 heavy (non-hydrogen) atoms. The Morgan fingerprint density at radius 2 is 2.60 bits per heavy atom. The summed E-state index contributed by atoms with van der Waals surface area (Å²) >= 11 is 2.99. The number of hydrogen-bond donors (Lipinski definition) is 0. The van der Waals surface area contributed by atoms with Crippen LogP contribution in [0.1, 0.15) is 6.92 Å². The van der Waals surface area contributed by atoms with Crippen molar-refractivity contribution in [3.8, 4) is 0 Å². The average Bonchev–Trinajstić information content (AvgIpc) is 2.13. The van der Waals surface area contributed by atoms with Crippen molar-refractivity contribution in [2.75, 3.05) is 0 Å². The van der Waals surface area contributed by atoms with Crippen LogP contribution in [0.4, 0.5) is 0 Å². The van der Waals surface area contributed by atoms with E-state index in [1.807, 2.05) is 0 Å². The highest BCUT2D eigenvalue weighted by Crippen LogP contribution is 1.96. The Hall–Kier alpha value is -0.910. The summed E-state index contributed by atoms with van der Waals surface area (Å²) in [5.41, 5.74) is 0. The van der Waals surface area contributed by atoms with Crippen molar-refractivity contribution in [3.05, 3.63) is 11.1 Å². The third kappa shape index (κ3) is 1.80. The zero-order chi connectivity index (χ0) is 7.56. The van der Waals surface area contributed by atoms with Gasteiger partial charge >= 0.3 is 5.97 Å². The Morgan fingerprint density at radius 3 is 3.00 bits per heavy atom. The van der Waals surface area contributed by atoms with Gasteiger partial charge in [0.1, 0.15) is 0 Å². The van der Waals surface area contributed by atoms with Crippen molar-refractivity contribution in [2.24, 2.45) is 0 Å². The number of carbonyl (C=O) groups excluding carboxylic acids is 1. The van der Waals surface area contributed by atoms with Crippen molar-refractivity contribution in [1.82, 2.24) is 14.9 Å². The van der Waals surface area contributed by atoms with Gasteiger partial charge in [-0.25, -0.2) is 9.78 Å². The Labute approximate surface area is 65.1 Å². The molecule has 6 heteroatoms. The first-order valence-corrected chi connectivity index (χ1v) is 3.24. The SMILES string of the molecule is CC(=O)On1cnc(Br)n1. The van der Waals surface area contributed by atoms with Crippen molar-refractivity contribution < 1.29 is 9.63 Å². The van der Waals surface area contributed by atoms with Crippen LogP contribution in [0.3, 0.4) is 0 Å². The quantitative estimate of drug-likeness (QED) is 0.649. The lowest BCUT2D eigenvalue weighted by Crippen LogP contribution is -2.16. The fraction of sp³-hybridized carbons (Fsp3) is 0.250. The fourth-order valence-electron chi connectivity index (χ4n) is 0.406. The summed E-state index contributed by atoms with van der Waals surface area (Å²) in [7, 11) is 0. The molecule has 0 radical (unpaired) electrons. The summed E-state index contributed by atoms with van der Waals surface area (Å²) in [5, 5.41) is 3.63. The third-order valence-corrected chi connectivity index (χ3v) is 1.03. The van der Waals surface area contributed by atoms with E-state index in [-0.39, 0.29) is 0 Å². The van der Waals surface area contributed by atoms with E-state index in [4.69, 9.17) is 0 Å². The second kappa shape index (κ2) is 2.78. The Balaban J connectivity index is 2.67. The number of halogens is 1. The van der Waals surface area contributed by atoms with E-state index in [9.17, 15) is 4.79 Å². The van der Waals surface area contributed by atoms with Gasteiger partial charge in [0.05, 0.1) is 0 Å². The van der Waals surface area contributed by atoms with Crippen molar-refractivity contribution in [1.29, 1.82) is 0 Å². The molecule has 0 aliphatic heterocycles. The molecule has 1 aromatic rings. The van der Waals surface area contributed by atoms with Crippen LogP contribution in [0.2, 0.25) is 0 Å². The molecule has 5 nitrogen and oxygen atoms in total. The molecule has 1 rings (SSSR count). The number of aromatic nitrogens is 3. The van der Waals surface area contributed by atoms with E-state index in [2.05, 4.69) is 30.9 Å². The predicted molar refractivity (Wildman–Crippen MR) is 35.0 cm³/mol. The summed E-state index contributed by atoms with van der Waals surface area (Å²) in [5.74, 6) is -0.433. The van der Waals surface area contributed by atoms with E-state index in [0.717, 1.165) is 4.85 Å². The first kappa shape index (κ1) is 7.20. The minimum Gasteiger partial charge on any atom is -0.318 e. The zero-order valence-corrected chi connectivity index (χ0v) is 6.70. The second-order valence-corrected chi connectivity index (χ2v) is 2.21. The van der Waals surface area contributed by atoms with Gasteiger partial charge in [0, 0.05) is 6.92 Å². The second-order valence-electron chi connectivity index (χ2n) is 1.50. The molecule has 0 aromatic carbocycles. The summed E-state index contributed by atoms with van der Waals surface area (Å²) in [6.07, 6.45) is 1.28. The lowest BCUT2D eigenvalue weighted by Gasteiger charge is -1.94. The van der Waals surface area contributed by atoms with Crippen molar-refractivity contribution in [3.63, 3.8) is 0 Å². The number of hydrogen-bond acceptors (Lipinski definition) is 4. The molecule has 0 amide bonds. The van der Waals surface area contributed by atoms with E-state index in [1.54, 1.807) is 0 Å². The van der Waals surface area contributed by atoms with E-state index >= 15 is 0 Å². The van der Waals surface area contributed by atoms with Gasteiger partial charge in [-0.05, 0) is 15.9 Å². The molecule has 0 atom stereocenters. The Bertz CT molecular complexity index is 246. The molecule has 0 unspecified atom stereocenters. The normalized spacial score (nSPS) is 9.40. The predicted octanol–water partition coefficient (Wildman–Crippen LogP) is 0.0157. The van der Waals surface area contributed by atoms with Crippen LogP contribution in [0.5, 0.6) is 0 Å². The number of carbonyl (C=O) groups is 1. The summed E-state index contributed by atoms with van der Waals surface area (Å²) in [4.78, 5) is 19.4. The highest BCUT2D eigenvalue weighted by Gasteiger charge is 1.98. The molecule has 0 spiro atoms. The number of rotatable bonds is 1. The Kier molecular flexibility index (Phi) is 2.00. The van der Waals surface area contributed by atoms with Crippen molar-refractivity contribution >= 4 is 21.9 Å². The van der Waals surface area contributed by atoms with Crippen LogP contribution in [0, 0.1) is 0 Å². The standard InChI is InChI=1S/C4H4BrN3O2/c1-3(9)10-8-2-6-4(5)7-8/h2H,1H3. The third-order valence-electron chi connectivity index (χ3n) is 0.666.